The van der Waals surface area contributed by atoms with E-state index in [2.05, 4.69) is 6.92 Å². The summed E-state index contributed by atoms with van der Waals surface area (Å²) in [4.78, 5) is 10.4. The number of carbonyl (C=O) groups is 1. The van der Waals surface area contributed by atoms with Gasteiger partial charge in [0.05, 0.1) is 12.0 Å². The second kappa shape index (κ2) is 7.35. The zero-order chi connectivity index (χ0) is 10.1. The van der Waals surface area contributed by atoms with Gasteiger partial charge in [-0.05, 0) is 18.4 Å². The normalized spacial score (nSPS) is 10.9. The maximum atomic E-state index is 10.4. The van der Waals surface area contributed by atoms with Crippen molar-refractivity contribution < 1.29 is 9.90 Å². The van der Waals surface area contributed by atoms with E-state index in [-0.39, 0.29) is 5.57 Å². The van der Waals surface area contributed by atoms with E-state index in [1.54, 1.807) is 6.07 Å². The Morgan fingerprint density at radius 2 is 2.15 bits per heavy atom. The Morgan fingerprint density at radius 3 is 2.62 bits per heavy atom. The monoisotopic (exact) mass is 180 g/mol. The molecular formula is C10H14NO2-. The lowest BCUT2D eigenvalue weighted by Crippen LogP contribution is -2.24. The van der Waals surface area contributed by atoms with Crippen LogP contribution in [0.15, 0.2) is 11.6 Å². The highest BCUT2D eigenvalue weighted by Crippen LogP contribution is 2.09. The lowest BCUT2D eigenvalue weighted by Gasteiger charge is -2.05. The lowest BCUT2D eigenvalue weighted by atomic mass is 10.1. The highest BCUT2D eigenvalue weighted by atomic mass is 16.4. The predicted octanol–water partition coefficient (Wildman–Crippen LogP) is 1.16. The Balaban J connectivity index is 3.80. The number of carboxylic acid groups (broad SMARTS) is 1. The number of allylic oxidation sites excluding steroid dienone is 1. The molecule has 0 aliphatic carbocycles. The summed E-state index contributed by atoms with van der Waals surface area (Å²) < 4.78 is 0. The molecule has 3 nitrogen and oxygen atoms in total. The van der Waals surface area contributed by atoms with Gasteiger partial charge in [-0.2, -0.15) is 5.26 Å². The molecule has 0 aromatic carbocycles. The van der Waals surface area contributed by atoms with Crippen LogP contribution in [-0.4, -0.2) is 5.97 Å². The first-order chi connectivity index (χ1) is 6.22. The van der Waals surface area contributed by atoms with E-state index in [1.165, 1.54) is 0 Å². The first-order valence-electron chi connectivity index (χ1n) is 4.52. The van der Waals surface area contributed by atoms with Gasteiger partial charge in [0.15, 0.2) is 0 Å². The minimum absolute atomic E-state index is 0.110. The topological polar surface area (TPSA) is 63.9 Å². The molecule has 0 aromatic heterocycles. The summed E-state index contributed by atoms with van der Waals surface area (Å²) in [6.07, 6.45) is 5.54. The molecule has 0 aliphatic heterocycles. The molecule has 0 unspecified atom stereocenters. The van der Waals surface area contributed by atoms with Crippen LogP contribution in [0.4, 0.5) is 0 Å². The zero-order valence-corrected chi connectivity index (χ0v) is 7.88. The second-order valence-corrected chi connectivity index (χ2v) is 2.90. The van der Waals surface area contributed by atoms with Crippen LogP contribution < -0.4 is 5.11 Å². The standard InChI is InChI=1S/C10H15NO2/c1-2-3-4-5-6-9(7-8-11)10(12)13/h7H,2-6H2,1H3,(H,12,13)/p-1/b9-7-. The number of nitrogens with zero attached hydrogens (tertiary/aromatic N) is 1. The number of hydrogen-bond donors (Lipinski definition) is 0. The molecule has 13 heavy (non-hydrogen) atoms. The fourth-order valence-corrected chi connectivity index (χ4v) is 1.05. The highest BCUT2D eigenvalue weighted by molar-refractivity contribution is 5.85. The van der Waals surface area contributed by atoms with Gasteiger partial charge in [-0.1, -0.05) is 26.2 Å². The van der Waals surface area contributed by atoms with Crippen molar-refractivity contribution in [2.45, 2.75) is 39.0 Å². The molecule has 0 rings (SSSR count). The first kappa shape index (κ1) is 11.7. The summed E-state index contributed by atoms with van der Waals surface area (Å²) >= 11 is 0. The lowest BCUT2D eigenvalue weighted by molar-refractivity contribution is -0.299. The minimum atomic E-state index is -1.22. The van der Waals surface area contributed by atoms with E-state index in [4.69, 9.17) is 5.26 Å². The van der Waals surface area contributed by atoms with E-state index < -0.39 is 5.97 Å². The largest absolute Gasteiger partial charge is 0.545 e. The summed E-state index contributed by atoms with van der Waals surface area (Å²) in [6.45, 7) is 2.09. The Bertz CT molecular complexity index is 226. The van der Waals surface area contributed by atoms with Crippen LogP contribution in [-0.2, 0) is 4.79 Å². The predicted molar refractivity (Wildman–Crippen MR) is 47.5 cm³/mol. The summed E-state index contributed by atoms with van der Waals surface area (Å²) in [5, 5.41) is 18.7. The van der Waals surface area contributed by atoms with Crippen LogP contribution in [0, 0.1) is 11.3 Å². The highest BCUT2D eigenvalue weighted by Gasteiger charge is 1.97. The Kier molecular flexibility index (Phi) is 6.62. The van der Waals surface area contributed by atoms with Crippen LogP contribution >= 0.6 is 0 Å². The molecule has 0 amide bonds. The smallest absolute Gasteiger partial charge is 0.0915 e. The molecule has 0 spiro atoms. The average molecular weight is 180 g/mol. The van der Waals surface area contributed by atoms with Gasteiger partial charge >= 0.3 is 0 Å². The zero-order valence-electron chi connectivity index (χ0n) is 7.88. The molecule has 0 atom stereocenters. The third kappa shape index (κ3) is 5.92. The van der Waals surface area contributed by atoms with E-state index in [9.17, 15) is 9.90 Å². The summed E-state index contributed by atoms with van der Waals surface area (Å²) in [5.41, 5.74) is 0.110. The molecule has 0 saturated carbocycles. The third-order valence-electron chi connectivity index (χ3n) is 1.80. The summed E-state index contributed by atoms with van der Waals surface area (Å²) in [7, 11) is 0. The van der Waals surface area contributed by atoms with Gasteiger partial charge in [-0.3, -0.25) is 0 Å². The van der Waals surface area contributed by atoms with E-state index in [0.29, 0.717) is 6.42 Å². The number of unbranched alkanes of at least 4 members (excludes halogenated alkanes) is 3. The maximum absolute atomic E-state index is 10.4. The number of carbonyl (C=O) groups excluding carboxylic acids is 1. The summed E-state index contributed by atoms with van der Waals surface area (Å²) in [5.74, 6) is -1.22. The SMILES string of the molecule is CCCCCC/C(=C/C#N)C(=O)[O-]. The molecule has 72 valence electrons. The Morgan fingerprint density at radius 1 is 1.46 bits per heavy atom. The molecule has 0 aromatic rings. The van der Waals surface area contributed by atoms with Crippen molar-refractivity contribution >= 4 is 5.97 Å². The number of aliphatic carboxylic acids is 1. The molecule has 0 aliphatic rings. The molecule has 0 saturated heterocycles. The second-order valence-electron chi connectivity index (χ2n) is 2.90. The molecule has 0 bridgehead atoms. The van der Waals surface area contributed by atoms with Crippen molar-refractivity contribution in [1.82, 2.24) is 0 Å². The van der Waals surface area contributed by atoms with Crippen LogP contribution in [0.25, 0.3) is 0 Å². The number of carboxylic acids is 1. The van der Waals surface area contributed by atoms with Gasteiger partial charge in [0.1, 0.15) is 0 Å². The minimum Gasteiger partial charge on any atom is -0.545 e. The van der Waals surface area contributed by atoms with Crippen LogP contribution in [0.3, 0.4) is 0 Å². The van der Waals surface area contributed by atoms with Crippen molar-refractivity contribution in [1.29, 1.82) is 5.26 Å². The van der Waals surface area contributed by atoms with E-state index in [1.807, 2.05) is 0 Å². The summed E-state index contributed by atoms with van der Waals surface area (Å²) in [6, 6.07) is 1.71. The fourth-order valence-electron chi connectivity index (χ4n) is 1.05. The van der Waals surface area contributed by atoms with Crippen molar-refractivity contribution in [3.63, 3.8) is 0 Å². The van der Waals surface area contributed by atoms with Crippen molar-refractivity contribution in [3.05, 3.63) is 11.6 Å². The van der Waals surface area contributed by atoms with Crippen LogP contribution in [0.1, 0.15) is 39.0 Å². The number of nitriles is 1. The van der Waals surface area contributed by atoms with E-state index >= 15 is 0 Å². The number of hydrogen-bond acceptors (Lipinski definition) is 3. The molecular weight excluding hydrogens is 166 g/mol. The first-order valence-corrected chi connectivity index (χ1v) is 4.52. The Labute approximate surface area is 78.7 Å². The van der Waals surface area contributed by atoms with Crippen molar-refractivity contribution in [3.8, 4) is 6.07 Å². The molecule has 0 N–H and O–H groups in total. The van der Waals surface area contributed by atoms with Crippen LogP contribution in [0.5, 0.6) is 0 Å². The van der Waals surface area contributed by atoms with Gasteiger partial charge < -0.3 is 9.90 Å². The van der Waals surface area contributed by atoms with Gasteiger partial charge in [-0.15, -0.1) is 0 Å². The average Bonchev–Trinajstić information content (AvgIpc) is 2.10. The van der Waals surface area contributed by atoms with Gasteiger partial charge in [-0.25, -0.2) is 0 Å². The van der Waals surface area contributed by atoms with Gasteiger partial charge in [0, 0.05) is 6.08 Å². The van der Waals surface area contributed by atoms with E-state index in [0.717, 1.165) is 31.8 Å². The quantitative estimate of drug-likeness (QED) is 0.350. The molecule has 3 heteroatoms. The van der Waals surface area contributed by atoms with Gasteiger partial charge in [0.2, 0.25) is 0 Å². The van der Waals surface area contributed by atoms with Gasteiger partial charge in [0.25, 0.3) is 0 Å². The molecule has 0 heterocycles. The molecule has 0 radical (unpaired) electrons. The molecule has 0 fully saturated rings. The third-order valence-corrected chi connectivity index (χ3v) is 1.80. The fraction of sp³-hybridized carbons (Fsp3) is 0.600. The van der Waals surface area contributed by atoms with Crippen molar-refractivity contribution in [2.24, 2.45) is 0 Å². The Hall–Kier alpha value is -1.30. The maximum Gasteiger partial charge on any atom is 0.0915 e. The van der Waals surface area contributed by atoms with Crippen LogP contribution in [0.2, 0.25) is 0 Å². The van der Waals surface area contributed by atoms with Crippen molar-refractivity contribution in [2.75, 3.05) is 0 Å². The number of rotatable bonds is 6.